The maximum Gasteiger partial charge on any atom is 0.0717 e. The van der Waals surface area contributed by atoms with Crippen molar-refractivity contribution in [3.8, 4) is 0 Å². The Morgan fingerprint density at radius 1 is 1.17 bits per heavy atom. The van der Waals surface area contributed by atoms with Crippen LogP contribution in [0.4, 0.5) is 0 Å². The highest BCUT2D eigenvalue weighted by Gasteiger charge is 2.42. The fourth-order valence-corrected chi connectivity index (χ4v) is 3.83. The lowest BCUT2D eigenvalue weighted by atomic mass is 9.80. The highest BCUT2D eigenvalue weighted by molar-refractivity contribution is 5.35. The van der Waals surface area contributed by atoms with Crippen LogP contribution in [0.3, 0.4) is 0 Å². The van der Waals surface area contributed by atoms with Gasteiger partial charge in [-0.15, -0.1) is 0 Å². The van der Waals surface area contributed by atoms with Gasteiger partial charge in [0.05, 0.1) is 5.60 Å². The number of aliphatic hydroxyl groups is 1. The molecule has 2 atom stereocenters. The lowest BCUT2D eigenvalue weighted by molar-refractivity contribution is -0.00633. The lowest BCUT2D eigenvalue weighted by Crippen LogP contribution is -2.49. The highest BCUT2D eigenvalue weighted by Crippen LogP contribution is 2.37. The van der Waals surface area contributed by atoms with E-state index in [-0.39, 0.29) is 0 Å². The lowest BCUT2D eigenvalue weighted by Gasteiger charge is -2.38. The normalized spacial score (nSPS) is 34.8. The molecule has 3 rings (SSSR count). The van der Waals surface area contributed by atoms with Crippen molar-refractivity contribution in [1.82, 2.24) is 5.32 Å². The van der Waals surface area contributed by atoms with Crippen LogP contribution in [0.5, 0.6) is 0 Å². The summed E-state index contributed by atoms with van der Waals surface area (Å²) in [4.78, 5) is 0. The molecule has 2 aliphatic rings. The van der Waals surface area contributed by atoms with E-state index in [9.17, 15) is 5.11 Å². The molecular formula is C16H23NO. The maximum absolute atomic E-state index is 10.9. The average molecular weight is 245 g/mol. The van der Waals surface area contributed by atoms with Gasteiger partial charge in [-0.25, -0.2) is 0 Å². The van der Waals surface area contributed by atoms with E-state index >= 15 is 0 Å². The third kappa shape index (κ3) is 2.19. The number of aryl methyl sites for hydroxylation is 2. The summed E-state index contributed by atoms with van der Waals surface area (Å²) in [5, 5.41) is 14.5. The molecular weight excluding hydrogens is 222 g/mol. The molecule has 0 amide bonds. The zero-order chi connectivity index (χ0) is 12.8. The number of hydrogen-bond donors (Lipinski definition) is 2. The van der Waals surface area contributed by atoms with E-state index in [1.807, 2.05) is 0 Å². The van der Waals surface area contributed by atoms with Crippen molar-refractivity contribution in [3.05, 3.63) is 34.9 Å². The Morgan fingerprint density at radius 3 is 2.28 bits per heavy atom. The second-order valence-electron chi connectivity index (χ2n) is 6.32. The van der Waals surface area contributed by atoms with E-state index in [0.717, 1.165) is 19.3 Å². The van der Waals surface area contributed by atoms with Crippen LogP contribution in [-0.2, 0) is 6.42 Å². The molecule has 0 aliphatic carbocycles. The number of piperidine rings is 1. The summed E-state index contributed by atoms with van der Waals surface area (Å²) < 4.78 is 0. The smallest absolute Gasteiger partial charge is 0.0717 e. The predicted octanol–water partition coefficient (Wildman–Crippen LogP) is 2.49. The van der Waals surface area contributed by atoms with Gasteiger partial charge >= 0.3 is 0 Å². The van der Waals surface area contributed by atoms with Crippen molar-refractivity contribution < 1.29 is 5.11 Å². The molecule has 2 heteroatoms. The fraction of sp³-hybridized carbons (Fsp3) is 0.625. The van der Waals surface area contributed by atoms with Crippen molar-refractivity contribution in [2.24, 2.45) is 0 Å². The Labute approximate surface area is 109 Å². The third-order valence-electron chi connectivity index (χ3n) is 4.74. The van der Waals surface area contributed by atoms with Crippen LogP contribution < -0.4 is 5.32 Å². The molecule has 2 heterocycles. The summed E-state index contributed by atoms with van der Waals surface area (Å²) in [6.45, 7) is 4.31. The Hall–Kier alpha value is -0.860. The average Bonchev–Trinajstić information content (AvgIpc) is 2.64. The summed E-state index contributed by atoms with van der Waals surface area (Å²) in [5.41, 5.74) is 3.48. The molecule has 1 aromatic carbocycles. The molecule has 2 fully saturated rings. The molecule has 2 aliphatic heterocycles. The predicted molar refractivity (Wildman–Crippen MR) is 73.7 cm³/mol. The Morgan fingerprint density at radius 2 is 1.72 bits per heavy atom. The maximum atomic E-state index is 10.9. The summed E-state index contributed by atoms with van der Waals surface area (Å²) in [6.07, 6.45) is 5.12. The van der Waals surface area contributed by atoms with Crippen LogP contribution >= 0.6 is 0 Å². The minimum Gasteiger partial charge on any atom is -0.389 e. The van der Waals surface area contributed by atoms with E-state index < -0.39 is 5.60 Å². The van der Waals surface area contributed by atoms with Crippen LogP contribution in [0, 0.1) is 13.8 Å². The molecule has 2 saturated heterocycles. The van der Waals surface area contributed by atoms with Crippen molar-refractivity contribution >= 4 is 0 Å². The number of fused-ring (bicyclic) bond motifs is 2. The Kier molecular flexibility index (Phi) is 2.95. The Balaban J connectivity index is 1.83. The van der Waals surface area contributed by atoms with Crippen LogP contribution in [0.15, 0.2) is 18.2 Å². The minimum absolute atomic E-state index is 0.492. The summed E-state index contributed by atoms with van der Waals surface area (Å²) in [5.74, 6) is 0. The molecule has 0 aromatic heterocycles. The first-order chi connectivity index (χ1) is 8.56. The van der Waals surface area contributed by atoms with Crippen molar-refractivity contribution in [2.45, 2.75) is 63.6 Å². The summed E-state index contributed by atoms with van der Waals surface area (Å²) >= 11 is 0. The monoisotopic (exact) mass is 245 g/mol. The standard InChI is InChI=1S/C16H23NO/c1-11-4-3-5-12(2)15(11)10-16(18)8-13-6-7-14(9-16)17-13/h3-5,13-14,17-18H,6-10H2,1-2H3. The van der Waals surface area contributed by atoms with Gasteiger partial charge in [-0.3, -0.25) is 0 Å². The van der Waals surface area contributed by atoms with Crippen LogP contribution in [-0.4, -0.2) is 22.8 Å². The van der Waals surface area contributed by atoms with E-state index in [2.05, 4.69) is 37.4 Å². The molecule has 2 N–H and O–H groups in total. The first-order valence-electron chi connectivity index (χ1n) is 7.09. The zero-order valence-electron chi connectivity index (χ0n) is 11.4. The molecule has 2 unspecified atom stereocenters. The van der Waals surface area contributed by atoms with E-state index in [1.165, 1.54) is 29.5 Å². The molecule has 18 heavy (non-hydrogen) atoms. The molecule has 98 valence electrons. The topological polar surface area (TPSA) is 32.3 Å². The van der Waals surface area contributed by atoms with Crippen LogP contribution in [0.1, 0.15) is 42.4 Å². The van der Waals surface area contributed by atoms with Gasteiger partial charge in [0.2, 0.25) is 0 Å². The van der Waals surface area contributed by atoms with Gasteiger partial charge in [0.15, 0.2) is 0 Å². The first-order valence-corrected chi connectivity index (χ1v) is 7.09. The number of rotatable bonds is 2. The SMILES string of the molecule is Cc1cccc(C)c1CC1(O)CC2CCC(C1)N2. The van der Waals surface area contributed by atoms with Crippen molar-refractivity contribution in [3.63, 3.8) is 0 Å². The molecule has 0 spiro atoms. The molecule has 1 aromatic rings. The minimum atomic E-state index is -0.492. The second kappa shape index (κ2) is 4.36. The highest BCUT2D eigenvalue weighted by atomic mass is 16.3. The van der Waals surface area contributed by atoms with Gasteiger partial charge in [-0.05, 0) is 56.2 Å². The van der Waals surface area contributed by atoms with Crippen molar-refractivity contribution in [1.29, 1.82) is 0 Å². The first kappa shape index (κ1) is 12.2. The summed E-state index contributed by atoms with van der Waals surface area (Å²) in [7, 11) is 0. The quantitative estimate of drug-likeness (QED) is 0.839. The largest absolute Gasteiger partial charge is 0.389 e. The van der Waals surface area contributed by atoms with Crippen molar-refractivity contribution in [2.75, 3.05) is 0 Å². The van der Waals surface area contributed by atoms with Gasteiger partial charge in [0, 0.05) is 18.5 Å². The van der Waals surface area contributed by atoms with E-state index in [0.29, 0.717) is 12.1 Å². The van der Waals surface area contributed by atoms with Gasteiger partial charge in [0.25, 0.3) is 0 Å². The number of benzene rings is 1. The van der Waals surface area contributed by atoms with Gasteiger partial charge in [0.1, 0.15) is 0 Å². The number of hydrogen-bond acceptors (Lipinski definition) is 2. The summed E-state index contributed by atoms with van der Waals surface area (Å²) in [6, 6.07) is 7.49. The van der Waals surface area contributed by atoms with Gasteiger partial charge in [-0.1, -0.05) is 18.2 Å². The zero-order valence-corrected chi connectivity index (χ0v) is 11.4. The van der Waals surface area contributed by atoms with E-state index in [4.69, 9.17) is 0 Å². The second-order valence-corrected chi connectivity index (χ2v) is 6.32. The molecule has 2 bridgehead atoms. The van der Waals surface area contributed by atoms with Crippen LogP contribution in [0.2, 0.25) is 0 Å². The number of nitrogens with one attached hydrogen (secondary N) is 1. The van der Waals surface area contributed by atoms with E-state index in [1.54, 1.807) is 0 Å². The van der Waals surface area contributed by atoms with Gasteiger partial charge < -0.3 is 10.4 Å². The molecule has 2 nitrogen and oxygen atoms in total. The fourth-order valence-electron chi connectivity index (χ4n) is 3.83. The Bertz CT molecular complexity index is 422. The molecule has 0 saturated carbocycles. The van der Waals surface area contributed by atoms with Gasteiger partial charge in [-0.2, -0.15) is 0 Å². The third-order valence-corrected chi connectivity index (χ3v) is 4.74. The molecule has 0 radical (unpaired) electrons. The van der Waals surface area contributed by atoms with Crippen LogP contribution in [0.25, 0.3) is 0 Å².